The van der Waals surface area contributed by atoms with Crippen LogP contribution in [0.1, 0.15) is 32.6 Å². The molecule has 0 aromatic heterocycles. The molecule has 0 aliphatic carbocycles. The molecule has 0 spiro atoms. The van der Waals surface area contributed by atoms with E-state index >= 15 is 0 Å². The Bertz CT molecular complexity index is 171. The van der Waals surface area contributed by atoms with Crippen molar-refractivity contribution in [3.05, 3.63) is 0 Å². The van der Waals surface area contributed by atoms with Gasteiger partial charge in [-0.25, -0.2) is 0 Å². The summed E-state index contributed by atoms with van der Waals surface area (Å²) in [6.07, 6.45) is 3.26. The van der Waals surface area contributed by atoms with Crippen LogP contribution in [0, 0.1) is 5.41 Å². The van der Waals surface area contributed by atoms with Crippen LogP contribution in [0.3, 0.4) is 0 Å². The summed E-state index contributed by atoms with van der Waals surface area (Å²) in [5.41, 5.74) is 0.109. The highest BCUT2D eigenvalue weighted by molar-refractivity contribution is 4.89. The molecule has 0 aromatic carbocycles. The van der Waals surface area contributed by atoms with Crippen molar-refractivity contribution in [1.29, 1.82) is 0 Å². The molecule has 1 N–H and O–H groups in total. The molecule has 2 saturated heterocycles. The summed E-state index contributed by atoms with van der Waals surface area (Å²) < 4.78 is 10.8. The average Bonchev–Trinajstić information content (AvgIpc) is 2.41. The van der Waals surface area contributed by atoms with E-state index in [-0.39, 0.29) is 11.7 Å². The second-order valence-corrected chi connectivity index (χ2v) is 3.82. The predicted octanol–water partition coefficient (Wildman–Crippen LogP) is 1.26. The highest BCUT2D eigenvalue weighted by Crippen LogP contribution is 2.47. The molecule has 0 amide bonds. The van der Waals surface area contributed by atoms with Crippen molar-refractivity contribution in [3.8, 4) is 0 Å². The summed E-state index contributed by atoms with van der Waals surface area (Å²) in [4.78, 5) is 0. The summed E-state index contributed by atoms with van der Waals surface area (Å²) in [7, 11) is 0. The van der Waals surface area contributed by atoms with Gasteiger partial charge in [-0.1, -0.05) is 6.92 Å². The molecule has 12 heavy (non-hydrogen) atoms. The first-order chi connectivity index (χ1) is 5.77. The fourth-order valence-electron chi connectivity index (χ4n) is 2.32. The van der Waals surface area contributed by atoms with E-state index in [2.05, 4.69) is 6.92 Å². The van der Waals surface area contributed by atoms with Crippen molar-refractivity contribution in [2.24, 2.45) is 5.41 Å². The lowest BCUT2D eigenvalue weighted by molar-refractivity contribution is -0.224. The van der Waals surface area contributed by atoms with Gasteiger partial charge in [0.05, 0.1) is 0 Å². The van der Waals surface area contributed by atoms with Gasteiger partial charge >= 0.3 is 0 Å². The first-order valence-electron chi connectivity index (χ1n) is 4.72. The molecule has 0 saturated carbocycles. The van der Waals surface area contributed by atoms with Crippen LogP contribution >= 0.6 is 0 Å². The Hall–Kier alpha value is -0.120. The molecule has 0 radical (unpaired) electrons. The summed E-state index contributed by atoms with van der Waals surface area (Å²) in [5.74, 6) is 0. The van der Waals surface area contributed by atoms with E-state index in [0.717, 1.165) is 32.3 Å². The summed E-state index contributed by atoms with van der Waals surface area (Å²) in [6.45, 7) is 2.92. The van der Waals surface area contributed by atoms with Gasteiger partial charge in [0.1, 0.15) is 0 Å². The summed E-state index contributed by atoms with van der Waals surface area (Å²) in [5, 5.41) is 9.35. The predicted molar refractivity (Wildman–Crippen MR) is 43.4 cm³/mol. The molecule has 70 valence electrons. The van der Waals surface area contributed by atoms with Crippen LogP contribution in [0.4, 0.5) is 0 Å². The summed E-state index contributed by atoms with van der Waals surface area (Å²) in [6, 6.07) is 0. The number of ether oxygens (including phenoxy) is 2. The molecule has 3 nitrogen and oxygen atoms in total. The van der Waals surface area contributed by atoms with Crippen molar-refractivity contribution in [2.75, 3.05) is 6.61 Å². The number of aliphatic hydroxyl groups is 1. The molecule has 2 aliphatic rings. The van der Waals surface area contributed by atoms with Crippen molar-refractivity contribution < 1.29 is 14.6 Å². The minimum Gasteiger partial charge on any atom is -0.368 e. The Morgan fingerprint density at radius 1 is 1.58 bits per heavy atom. The maximum atomic E-state index is 9.35. The minimum atomic E-state index is -0.604. The van der Waals surface area contributed by atoms with Crippen molar-refractivity contribution in [2.45, 2.75) is 45.2 Å². The molecule has 2 heterocycles. The fourth-order valence-corrected chi connectivity index (χ4v) is 2.32. The zero-order valence-electron chi connectivity index (χ0n) is 7.45. The van der Waals surface area contributed by atoms with E-state index in [0.29, 0.717) is 0 Å². The Balaban J connectivity index is 2.14. The van der Waals surface area contributed by atoms with Gasteiger partial charge in [-0.05, 0) is 19.3 Å². The lowest BCUT2D eigenvalue weighted by atomic mass is 9.77. The molecule has 2 fully saturated rings. The zero-order chi connectivity index (χ0) is 8.60. The average molecular weight is 172 g/mol. The standard InChI is InChI=1S/C9H16O3/c1-2-9-4-3-5-11-8(9)12-7(10)6-9/h7-8,10H,2-6H2,1H3/t7-,8-,9+/m0/s1. The lowest BCUT2D eigenvalue weighted by Gasteiger charge is -2.36. The van der Waals surface area contributed by atoms with E-state index < -0.39 is 6.29 Å². The summed E-state index contributed by atoms with van der Waals surface area (Å²) >= 11 is 0. The Morgan fingerprint density at radius 2 is 2.42 bits per heavy atom. The van der Waals surface area contributed by atoms with Crippen molar-refractivity contribution in [3.63, 3.8) is 0 Å². The molecule has 2 aliphatic heterocycles. The first kappa shape index (κ1) is 8.48. The minimum absolute atomic E-state index is 0.109. The molecule has 2 rings (SSSR count). The van der Waals surface area contributed by atoms with E-state index in [4.69, 9.17) is 9.47 Å². The van der Waals surface area contributed by atoms with Crippen LogP contribution in [-0.4, -0.2) is 24.3 Å². The Morgan fingerprint density at radius 3 is 3.08 bits per heavy atom. The topological polar surface area (TPSA) is 38.7 Å². The van der Waals surface area contributed by atoms with E-state index in [1.807, 2.05) is 0 Å². The Kier molecular flexibility index (Phi) is 2.10. The van der Waals surface area contributed by atoms with Crippen LogP contribution in [0.2, 0.25) is 0 Å². The van der Waals surface area contributed by atoms with Gasteiger partial charge in [-0.3, -0.25) is 0 Å². The quantitative estimate of drug-likeness (QED) is 0.647. The number of hydrogen-bond acceptors (Lipinski definition) is 3. The van der Waals surface area contributed by atoms with Crippen LogP contribution in [-0.2, 0) is 9.47 Å². The molecular formula is C9H16O3. The third-order valence-electron chi connectivity index (χ3n) is 3.15. The van der Waals surface area contributed by atoms with E-state index in [1.165, 1.54) is 0 Å². The van der Waals surface area contributed by atoms with Crippen molar-refractivity contribution in [1.82, 2.24) is 0 Å². The monoisotopic (exact) mass is 172 g/mol. The van der Waals surface area contributed by atoms with Gasteiger partial charge in [0.15, 0.2) is 12.6 Å². The van der Waals surface area contributed by atoms with Crippen LogP contribution in [0.15, 0.2) is 0 Å². The normalized spacial score (nSPS) is 47.5. The van der Waals surface area contributed by atoms with E-state index in [9.17, 15) is 5.11 Å². The smallest absolute Gasteiger partial charge is 0.166 e. The van der Waals surface area contributed by atoms with Crippen LogP contribution < -0.4 is 0 Å². The van der Waals surface area contributed by atoms with Gasteiger partial charge < -0.3 is 14.6 Å². The van der Waals surface area contributed by atoms with Crippen LogP contribution in [0.25, 0.3) is 0 Å². The molecular weight excluding hydrogens is 156 g/mol. The zero-order valence-corrected chi connectivity index (χ0v) is 7.45. The number of hydrogen-bond donors (Lipinski definition) is 1. The largest absolute Gasteiger partial charge is 0.368 e. The maximum absolute atomic E-state index is 9.35. The van der Waals surface area contributed by atoms with Crippen LogP contribution in [0.5, 0.6) is 0 Å². The van der Waals surface area contributed by atoms with Crippen molar-refractivity contribution >= 4 is 0 Å². The van der Waals surface area contributed by atoms with Gasteiger partial charge in [-0.2, -0.15) is 0 Å². The number of aliphatic hydroxyl groups excluding tert-OH is 1. The highest BCUT2D eigenvalue weighted by atomic mass is 16.7. The maximum Gasteiger partial charge on any atom is 0.166 e. The first-order valence-corrected chi connectivity index (χ1v) is 4.72. The van der Waals surface area contributed by atoms with Gasteiger partial charge in [0.25, 0.3) is 0 Å². The second-order valence-electron chi connectivity index (χ2n) is 3.82. The highest BCUT2D eigenvalue weighted by Gasteiger charge is 2.49. The second kappa shape index (κ2) is 2.98. The molecule has 3 atom stereocenters. The third-order valence-corrected chi connectivity index (χ3v) is 3.15. The third kappa shape index (κ3) is 1.16. The molecule has 0 bridgehead atoms. The molecule has 3 heteroatoms. The Labute approximate surface area is 72.7 Å². The molecule has 0 aromatic rings. The lowest BCUT2D eigenvalue weighted by Crippen LogP contribution is -2.37. The SMILES string of the molecule is CC[C@]12CCCO[C@H]1O[C@H](O)C2. The van der Waals surface area contributed by atoms with Gasteiger partial charge in [-0.15, -0.1) is 0 Å². The van der Waals surface area contributed by atoms with E-state index in [1.54, 1.807) is 0 Å². The fraction of sp³-hybridized carbons (Fsp3) is 1.00. The van der Waals surface area contributed by atoms with Gasteiger partial charge in [0.2, 0.25) is 0 Å². The molecule has 0 unspecified atom stereocenters. The van der Waals surface area contributed by atoms with Gasteiger partial charge in [0, 0.05) is 18.4 Å². The number of rotatable bonds is 1. The number of fused-ring (bicyclic) bond motifs is 1.